The van der Waals surface area contributed by atoms with E-state index in [2.05, 4.69) is 30.8 Å². The SMILES string of the molecule is CC(C)(C)[C@H](NC(=O)C1=NCC(Cc2ccc(F)cc2)c2ccccc21)C(=O)NCCc1n[nH]c(=O)[nH]1. The molecule has 0 aliphatic carbocycles. The molecule has 3 aromatic rings. The van der Waals surface area contributed by atoms with Gasteiger partial charge < -0.3 is 10.6 Å². The Labute approximate surface area is 214 Å². The summed E-state index contributed by atoms with van der Waals surface area (Å²) < 4.78 is 13.3. The molecule has 2 amide bonds. The Balaban J connectivity index is 1.46. The number of rotatable bonds is 8. The summed E-state index contributed by atoms with van der Waals surface area (Å²) in [5, 5.41) is 11.8. The first kappa shape index (κ1) is 26.0. The molecule has 1 aliphatic rings. The van der Waals surface area contributed by atoms with Crippen molar-refractivity contribution in [2.45, 2.75) is 45.6 Å². The van der Waals surface area contributed by atoms with Crippen molar-refractivity contribution in [3.05, 3.63) is 87.3 Å². The lowest BCUT2D eigenvalue weighted by atomic mass is 9.84. The predicted molar refractivity (Wildman–Crippen MR) is 138 cm³/mol. The van der Waals surface area contributed by atoms with Crippen LogP contribution in [0.5, 0.6) is 0 Å². The zero-order valence-electron chi connectivity index (χ0n) is 21.1. The Morgan fingerprint density at radius 3 is 2.54 bits per heavy atom. The van der Waals surface area contributed by atoms with Crippen LogP contribution < -0.4 is 16.3 Å². The maximum Gasteiger partial charge on any atom is 0.340 e. The van der Waals surface area contributed by atoms with E-state index in [1.165, 1.54) is 12.1 Å². The highest BCUT2D eigenvalue weighted by atomic mass is 19.1. The Morgan fingerprint density at radius 2 is 1.86 bits per heavy atom. The van der Waals surface area contributed by atoms with Crippen molar-refractivity contribution in [1.29, 1.82) is 0 Å². The van der Waals surface area contributed by atoms with Crippen molar-refractivity contribution in [3.63, 3.8) is 0 Å². The van der Waals surface area contributed by atoms with Gasteiger partial charge in [-0.1, -0.05) is 57.2 Å². The summed E-state index contributed by atoms with van der Waals surface area (Å²) in [7, 11) is 0. The summed E-state index contributed by atoms with van der Waals surface area (Å²) in [5.41, 5.74) is 2.04. The number of aromatic amines is 2. The molecule has 1 unspecified atom stereocenters. The molecule has 2 aromatic carbocycles. The van der Waals surface area contributed by atoms with E-state index in [0.717, 1.165) is 16.7 Å². The Morgan fingerprint density at radius 1 is 1.14 bits per heavy atom. The summed E-state index contributed by atoms with van der Waals surface area (Å²) in [6.45, 7) is 6.27. The molecule has 10 heteroatoms. The van der Waals surface area contributed by atoms with Crippen LogP contribution in [0.2, 0.25) is 0 Å². The molecule has 2 atom stereocenters. The number of benzene rings is 2. The third-order valence-corrected chi connectivity index (χ3v) is 6.35. The number of aliphatic imine (C=N–C) groups is 1. The van der Waals surface area contributed by atoms with Crippen molar-refractivity contribution < 1.29 is 14.0 Å². The number of carbonyl (C=O) groups is 2. The molecule has 4 N–H and O–H groups in total. The van der Waals surface area contributed by atoms with Gasteiger partial charge in [-0.2, -0.15) is 5.10 Å². The third-order valence-electron chi connectivity index (χ3n) is 6.35. The number of hydrogen-bond donors (Lipinski definition) is 4. The van der Waals surface area contributed by atoms with E-state index in [1.807, 2.05) is 45.0 Å². The molecule has 0 saturated heterocycles. The molecule has 2 heterocycles. The maximum absolute atomic E-state index is 13.4. The fraction of sp³-hybridized carbons (Fsp3) is 0.370. The number of nitrogens with zero attached hydrogens (tertiary/aromatic N) is 2. The van der Waals surface area contributed by atoms with Gasteiger partial charge in [0, 0.05) is 31.0 Å². The van der Waals surface area contributed by atoms with Crippen LogP contribution >= 0.6 is 0 Å². The smallest absolute Gasteiger partial charge is 0.340 e. The number of nitrogens with one attached hydrogen (secondary N) is 4. The van der Waals surface area contributed by atoms with Crippen LogP contribution in [0.1, 0.15) is 49.2 Å². The molecule has 37 heavy (non-hydrogen) atoms. The van der Waals surface area contributed by atoms with Crippen LogP contribution in [0.15, 0.2) is 58.3 Å². The van der Waals surface area contributed by atoms with E-state index >= 15 is 0 Å². The first-order valence-corrected chi connectivity index (χ1v) is 12.2. The molecule has 9 nitrogen and oxygen atoms in total. The van der Waals surface area contributed by atoms with Crippen LogP contribution in [0, 0.1) is 11.2 Å². The van der Waals surface area contributed by atoms with E-state index in [4.69, 9.17) is 0 Å². The predicted octanol–water partition coefficient (Wildman–Crippen LogP) is 2.26. The van der Waals surface area contributed by atoms with Crippen molar-refractivity contribution in [2.75, 3.05) is 13.1 Å². The van der Waals surface area contributed by atoms with Gasteiger partial charge >= 0.3 is 5.69 Å². The Bertz CT molecular complexity index is 1350. The van der Waals surface area contributed by atoms with Gasteiger partial charge in [0.1, 0.15) is 23.4 Å². The van der Waals surface area contributed by atoms with Crippen LogP contribution in [-0.4, -0.2) is 51.8 Å². The monoisotopic (exact) mass is 506 g/mol. The first-order chi connectivity index (χ1) is 17.6. The van der Waals surface area contributed by atoms with Gasteiger partial charge in [-0.15, -0.1) is 0 Å². The van der Waals surface area contributed by atoms with Gasteiger partial charge in [0.25, 0.3) is 5.91 Å². The van der Waals surface area contributed by atoms with Gasteiger partial charge in [0.05, 0.1) is 0 Å². The highest BCUT2D eigenvalue weighted by Gasteiger charge is 2.35. The average Bonchev–Trinajstić information content (AvgIpc) is 3.28. The topological polar surface area (TPSA) is 132 Å². The van der Waals surface area contributed by atoms with Gasteiger partial charge in [0.15, 0.2) is 0 Å². The van der Waals surface area contributed by atoms with Crippen molar-refractivity contribution in [3.8, 4) is 0 Å². The number of hydrogen-bond acceptors (Lipinski definition) is 5. The Kier molecular flexibility index (Phi) is 7.66. The van der Waals surface area contributed by atoms with E-state index in [0.29, 0.717) is 30.9 Å². The van der Waals surface area contributed by atoms with Crippen LogP contribution in [0.25, 0.3) is 0 Å². The Hall–Kier alpha value is -4.08. The minimum atomic E-state index is -0.815. The van der Waals surface area contributed by atoms with E-state index in [-0.39, 0.29) is 24.2 Å². The lowest BCUT2D eigenvalue weighted by Crippen LogP contribution is -2.55. The average molecular weight is 507 g/mol. The quantitative estimate of drug-likeness (QED) is 0.373. The van der Waals surface area contributed by atoms with Gasteiger partial charge in [-0.3, -0.25) is 19.6 Å². The molecule has 0 bridgehead atoms. The summed E-state index contributed by atoms with van der Waals surface area (Å²) in [4.78, 5) is 44.8. The van der Waals surface area contributed by atoms with Crippen molar-refractivity contribution in [2.24, 2.45) is 10.4 Å². The van der Waals surface area contributed by atoms with E-state index in [1.54, 1.807) is 12.1 Å². The summed E-state index contributed by atoms with van der Waals surface area (Å²) >= 11 is 0. The van der Waals surface area contributed by atoms with Gasteiger partial charge in [-0.25, -0.2) is 14.3 Å². The largest absolute Gasteiger partial charge is 0.354 e. The maximum atomic E-state index is 13.4. The first-order valence-electron chi connectivity index (χ1n) is 12.2. The molecule has 194 valence electrons. The molecule has 1 aromatic heterocycles. The molecular weight excluding hydrogens is 475 g/mol. The third kappa shape index (κ3) is 6.38. The van der Waals surface area contributed by atoms with E-state index < -0.39 is 23.1 Å². The number of amides is 2. The second-order valence-electron chi connectivity index (χ2n) is 10.2. The van der Waals surface area contributed by atoms with Gasteiger partial charge in [0.2, 0.25) is 5.91 Å². The van der Waals surface area contributed by atoms with Crippen LogP contribution in [-0.2, 0) is 22.4 Å². The number of fused-ring (bicyclic) bond motifs is 1. The molecule has 0 fully saturated rings. The lowest BCUT2D eigenvalue weighted by molar-refractivity contribution is -0.129. The summed E-state index contributed by atoms with van der Waals surface area (Å²) in [6, 6.07) is 13.2. The standard InChI is InChI=1S/C27H31FN6O3/c1-27(2,3)23(25(36)29-13-12-21-31-26(37)34-33-21)32-24(35)22-20-7-5-4-6-19(20)17(15-30-22)14-16-8-10-18(28)11-9-16/h4-11,17,23H,12-15H2,1-3H3,(H,29,36)(H,32,35)(H2,31,33,34,37)/t17?,23-/m1/s1. The summed E-state index contributed by atoms with van der Waals surface area (Å²) in [6.07, 6.45) is 1.01. The molecule has 0 spiro atoms. The van der Waals surface area contributed by atoms with Gasteiger partial charge in [-0.05, 0) is 35.1 Å². The second kappa shape index (κ2) is 10.9. The van der Waals surface area contributed by atoms with Crippen LogP contribution in [0.3, 0.4) is 0 Å². The van der Waals surface area contributed by atoms with Crippen LogP contribution in [0.4, 0.5) is 4.39 Å². The highest BCUT2D eigenvalue weighted by molar-refractivity contribution is 6.46. The van der Waals surface area contributed by atoms with Crippen molar-refractivity contribution >= 4 is 17.5 Å². The van der Waals surface area contributed by atoms with E-state index in [9.17, 15) is 18.8 Å². The zero-order valence-corrected chi connectivity index (χ0v) is 21.1. The fourth-order valence-corrected chi connectivity index (χ4v) is 4.43. The number of aromatic nitrogens is 3. The molecule has 0 saturated carbocycles. The normalized spacial score (nSPS) is 15.9. The minimum Gasteiger partial charge on any atom is -0.354 e. The second-order valence-corrected chi connectivity index (χ2v) is 10.2. The molecule has 4 rings (SSSR count). The minimum absolute atomic E-state index is 0.0494. The number of H-pyrrole nitrogens is 2. The fourth-order valence-electron chi connectivity index (χ4n) is 4.43. The zero-order chi connectivity index (χ0) is 26.6. The molecule has 1 aliphatic heterocycles. The molecule has 0 radical (unpaired) electrons. The summed E-state index contributed by atoms with van der Waals surface area (Å²) in [5.74, 6) is -0.548. The molecular formula is C27H31FN6O3. The number of halogens is 1. The van der Waals surface area contributed by atoms with Crippen molar-refractivity contribution in [1.82, 2.24) is 25.8 Å². The lowest BCUT2D eigenvalue weighted by Gasteiger charge is -2.31. The number of carbonyl (C=O) groups excluding carboxylic acids is 2. The highest BCUT2D eigenvalue weighted by Crippen LogP contribution is 2.29.